The summed E-state index contributed by atoms with van der Waals surface area (Å²) < 4.78 is 0. The molecule has 29 heavy (non-hydrogen) atoms. The van der Waals surface area contributed by atoms with Gasteiger partial charge in [-0.25, -0.2) is 0 Å². The second-order valence-corrected chi connectivity index (χ2v) is 9.00. The number of ketones is 1. The topological polar surface area (TPSA) is 74.6 Å². The minimum absolute atomic E-state index is 0.0845. The van der Waals surface area contributed by atoms with Crippen LogP contribution < -0.4 is 0 Å². The first-order valence-corrected chi connectivity index (χ1v) is 12.1. The number of carbonyl (C=O) groups is 2. The number of Topliss-reactive ketones (excluding diaryl/α,β-unsaturated/α-hetero) is 1. The standard InChI is InChI=1S/C25H44O4/c1-3-5-11-18-25(29,19-12-6-4-2)20-17-21-15-16-23(26)22(21)13-9-7-8-10-14-24(27)28/h17,20-22,29H,3-16,18-19H2,1-2H3,(H,27,28)/t21-,22-/m1/s1. The Bertz CT molecular complexity index is 487. The first-order chi connectivity index (χ1) is 13.9. The van der Waals surface area contributed by atoms with Crippen molar-refractivity contribution in [1.29, 1.82) is 0 Å². The van der Waals surface area contributed by atoms with E-state index in [1.165, 1.54) is 0 Å². The summed E-state index contributed by atoms with van der Waals surface area (Å²) in [6.07, 6.45) is 18.8. The van der Waals surface area contributed by atoms with Crippen LogP contribution in [0.1, 0.15) is 117 Å². The molecule has 0 aromatic heterocycles. The van der Waals surface area contributed by atoms with Crippen molar-refractivity contribution in [3.8, 4) is 0 Å². The van der Waals surface area contributed by atoms with Crippen LogP contribution in [0.25, 0.3) is 0 Å². The van der Waals surface area contributed by atoms with Gasteiger partial charge in [-0.2, -0.15) is 0 Å². The number of carbonyl (C=O) groups excluding carboxylic acids is 1. The van der Waals surface area contributed by atoms with E-state index in [4.69, 9.17) is 5.11 Å². The molecular formula is C25H44O4. The Morgan fingerprint density at radius 1 is 1.00 bits per heavy atom. The maximum absolute atomic E-state index is 12.4. The molecule has 0 radical (unpaired) electrons. The van der Waals surface area contributed by atoms with Gasteiger partial charge in [-0.15, -0.1) is 0 Å². The van der Waals surface area contributed by atoms with Gasteiger partial charge >= 0.3 is 5.97 Å². The number of allylic oxidation sites excluding steroid dienone is 1. The lowest BCUT2D eigenvalue weighted by Crippen LogP contribution is -2.26. The molecule has 0 spiro atoms. The molecule has 1 aliphatic carbocycles. The van der Waals surface area contributed by atoms with Crippen LogP contribution in [0.5, 0.6) is 0 Å². The number of carboxylic acids is 1. The molecule has 0 bridgehead atoms. The molecule has 0 unspecified atom stereocenters. The van der Waals surface area contributed by atoms with E-state index in [1.807, 2.05) is 6.08 Å². The predicted octanol–water partition coefficient (Wildman–Crippen LogP) is 6.45. The van der Waals surface area contributed by atoms with Gasteiger partial charge in [0, 0.05) is 18.8 Å². The molecule has 1 rings (SSSR count). The Morgan fingerprint density at radius 3 is 2.21 bits per heavy atom. The average Bonchev–Trinajstić information content (AvgIpc) is 3.03. The molecule has 1 aliphatic rings. The van der Waals surface area contributed by atoms with Gasteiger partial charge in [0.25, 0.3) is 0 Å². The normalized spacial score (nSPS) is 20.0. The molecule has 4 nitrogen and oxygen atoms in total. The van der Waals surface area contributed by atoms with Crippen LogP contribution in [0, 0.1) is 11.8 Å². The van der Waals surface area contributed by atoms with Gasteiger partial charge in [0.05, 0.1) is 5.60 Å². The largest absolute Gasteiger partial charge is 0.481 e. The highest BCUT2D eigenvalue weighted by Crippen LogP contribution is 2.35. The third-order valence-electron chi connectivity index (χ3n) is 6.39. The molecule has 2 atom stereocenters. The van der Waals surface area contributed by atoms with Gasteiger partial charge in [0.15, 0.2) is 0 Å². The second kappa shape index (κ2) is 14.8. The summed E-state index contributed by atoms with van der Waals surface area (Å²) in [4.78, 5) is 22.9. The molecule has 168 valence electrons. The smallest absolute Gasteiger partial charge is 0.303 e. The highest BCUT2D eigenvalue weighted by Gasteiger charge is 2.33. The molecular weight excluding hydrogens is 364 g/mol. The van der Waals surface area contributed by atoms with Crippen LogP contribution in [0.3, 0.4) is 0 Å². The molecule has 2 N–H and O–H groups in total. The van der Waals surface area contributed by atoms with Crippen LogP contribution in [0.4, 0.5) is 0 Å². The highest BCUT2D eigenvalue weighted by molar-refractivity contribution is 5.83. The predicted molar refractivity (Wildman–Crippen MR) is 119 cm³/mol. The van der Waals surface area contributed by atoms with E-state index in [0.29, 0.717) is 12.2 Å². The molecule has 0 amide bonds. The van der Waals surface area contributed by atoms with Gasteiger partial charge in [-0.1, -0.05) is 83.8 Å². The Hall–Kier alpha value is -1.16. The number of aliphatic carboxylic acids is 1. The van der Waals surface area contributed by atoms with E-state index in [-0.39, 0.29) is 18.3 Å². The Morgan fingerprint density at radius 2 is 1.62 bits per heavy atom. The van der Waals surface area contributed by atoms with E-state index in [1.54, 1.807) is 0 Å². The SMILES string of the molecule is CCCCCC(O)(C=C[C@H]1CCC(=O)[C@@H]1CCCCCCC(=O)O)CCCCC. The Kier molecular flexibility index (Phi) is 13.2. The lowest BCUT2D eigenvalue weighted by atomic mass is 9.85. The molecule has 1 fully saturated rings. The summed E-state index contributed by atoms with van der Waals surface area (Å²) in [5.41, 5.74) is -0.725. The number of rotatable bonds is 17. The number of aliphatic hydroxyl groups is 1. The van der Waals surface area contributed by atoms with Gasteiger partial charge in [-0.3, -0.25) is 9.59 Å². The van der Waals surface area contributed by atoms with Crippen molar-refractivity contribution in [2.45, 2.75) is 122 Å². The number of hydrogen-bond donors (Lipinski definition) is 2. The maximum Gasteiger partial charge on any atom is 0.303 e. The number of hydrogen-bond acceptors (Lipinski definition) is 3. The maximum atomic E-state index is 12.4. The lowest BCUT2D eigenvalue weighted by molar-refractivity contribution is -0.137. The van der Waals surface area contributed by atoms with Gasteiger partial charge in [-0.05, 0) is 38.0 Å². The first-order valence-electron chi connectivity index (χ1n) is 12.1. The van der Waals surface area contributed by atoms with Crippen molar-refractivity contribution in [2.75, 3.05) is 0 Å². The Balaban J connectivity index is 2.55. The fraction of sp³-hybridized carbons (Fsp3) is 0.840. The minimum Gasteiger partial charge on any atom is -0.481 e. The molecule has 0 aromatic rings. The van der Waals surface area contributed by atoms with Crippen LogP contribution in [-0.4, -0.2) is 27.6 Å². The Labute approximate surface area is 178 Å². The van der Waals surface area contributed by atoms with E-state index >= 15 is 0 Å². The minimum atomic E-state index is -0.730. The third-order valence-corrected chi connectivity index (χ3v) is 6.39. The lowest BCUT2D eigenvalue weighted by Gasteiger charge is -2.26. The first kappa shape index (κ1) is 25.9. The molecule has 1 saturated carbocycles. The van der Waals surface area contributed by atoms with Crippen LogP contribution in [0.15, 0.2) is 12.2 Å². The molecule has 0 saturated heterocycles. The van der Waals surface area contributed by atoms with Gasteiger partial charge in [0.1, 0.15) is 5.78 Å². The van der Waals surface area contributed by atoms with E-state index in [9.17, 15) is 14.7 Å². The summed E-state index contributed by atoms with van der Waals surface area (Å²) >= 11 is 0. The van der Waals surface area contributed by atoms with Crippen molar-refractivity contribution in [2.24, 2.45) is 11.8 Å². The highest BCUT2D eigenvalue weighted by atomic mass is 16.4. The summed E-state index contributed by atoms with van der Waals surface area (Å²) in [7, 11) is 0. The number of unbranched alkanes of at least 4 members (excludes halogenated alkanes) is 7. The summed E-state index contributed by atoms with van der Waals surface area (Å²) in [6.45, 7) is 4.37. The summed E-state index contributed by atoms with van der Waals surface area (Å²) in [6, 6.07) is 0. The van der Waals surface area contributed by atoms with E-state index in [0.717, 1.165) is 89.9 Å². The molecule has 0 heterocycles. The van der Waals surface area contributed by atoms with Gasteiger partial charge in [0.2, 0.25) is 0 Å². The van der Waals surface area contributed by atoms with Crippen molar-refractivity contribution in [3.05, 3.63) is 12.2 Å². The van der Waals surface area contributed by atoms with Crippen LogP contribution in [-0.2, 0) is 9.59 Å². The van der Waals surface area contributed by atoms with Crippen LogP contribution in [0.2, 0.25) is 0 Å². The van der Waals surface area contributed by atoms with Crippen molar-refractivity contribution < 1.29 is 19.8 Å². The number of carboxylic acid groups (broad SMARTS) is 1. The van der Waals surface area contributed by atoms with Crippen molar-refractivity contribution in [1.82, 2.24) is 0 Å². The third kappa shape index (κ3) is 11.0. The quantitative estimate of drug-likeness (QED) is 0.214. The van der Waals surface area contributed by atoms with E-state index < -0.39 is 11.6 Å². The molecule has 0 aliphatic heterocycles. The second-order valence-electron chi connectivity index (χ2n) is 9.00. The average molecular weight is 409 g/mol. The van der Waals surface area contributed by atoms with Crippen LogP contribution >= 0.6 is 0 Å². The van der Waals surface area contributed by atoms with Crippen molar-refractivity contribution in [3.63, 3.8) is 0 Å². The summed E-state index contributed by atoms with van der Waals surface area (Å²) in [5.74, 6) is -0.0242. The molecule has 4 heteroatoms. The zero-order chi connectivity index (χ0) is 21.5. The van der Waals surface area contributed by atoms with E-state index in [2.05, 4.69) is 19.9 Å². The summed E-state index contributed by atoms with van der Waals surface area (Å²) in [5, 5.41) is 19.9. The zero-order valence-electron chi connectivity index (χ0n) is 18.8. The monoisotopic (exact) mass is 408 g/mol. The zero-order valence-corrected chi connectivity index (χ0v) is 18.8. The van der Waals surface area contributed by atoms with Gasteiger partial charge < -0.3 is 10.2 Å². The fourth-order valence-electron chi connectivity index (χ4n) is 4.49. The fourth-order valence-corrected chi connectivity index (χ4v) is 4.49. The molecule has 0 aromatic carbocycles. The van der Waals surface area contributed by atoms with Crippen molar-refractivity contribution >= 4 is 11.8 Å².